The lowest BCUT2D eigenvalue weighted by Crippen LogP contribution is -2.44. The summed E-state index contributed by atoms with van der Waals surface area (Å²) in [5.74, 6) is 0.914. The second-order valence-electron chi connectivity index (χ2n) is 7.67. The van der Waals surface area contributed by atoms with Gasteiger partial charge in [-0.05, 0) is 32.3 Å². The van der Waals surface area contributed by atoms with E-state index in [-0.39, 0.29) is 23.5 Å². The summed E-state index contributed by atoms with van der Waals surface area (Å²) in [7, 11) is 0. The van der Waals surface area contributed by atoms with Gasteiger partial charge in [-0.1, -0.05) is 44.9 Å². The van der Waals surface area contributed by atoms with Crippen molar-refractivity contribution in [3.05, 3.63) is 16.3 Å². The van der Waals surface area contributed by atoms with Crippen LogP contribution in [-0.4, -0.2) is 27.5 Å². The van der Waals surface area contributed by atoms with Crippen molar-refractivity contribution >= 4 is 45.1 Å². The minimum Gasteiger partial charge on any atom is -0.273 e. The zero-order valence-corrected chi connectivity index (χ0v) is 18.6. The Morgan fingerprint density at radius 3 is 2.54 bits per heavy atom. The molecule has 0 unspecified atom stereocenters. The Labute approximate surface area is 174 Å². The van der Waals surface area contributed by atoms with Crippen molar-refractivity contribution in [2.45, 2.75) is 70.7 Å². The van der Waals surface area contributed by atoms with E-state index in [2.05, 4.69) is 24.7 Å². The zero-order valence-electron chi connectivity index (χ0n) is 16.9. The van der Waals surface area contributed by atoms with Gasteiger partial charge in [0.05, 0.1) is 5.75 Å². The van der Waals surface area contributed by atoms with E-state index in [4.69, 9.17) is 9.97 Å². The molecule has 1 saturated carbocycles. The lowest BCUT2D eigenvalue weighted by molar-refractivity contribution is -0.129. The molecule has 2 heterocycles. The Morgan fingerprint density at radius 2 is 1.86 bits per heavy atom. The molecule has 0 radical (unpaired) electrons. The molecule has 1 fully saturated rings. The number of carbonyl (C=O) groups is 2. The van der Waals surface area contributed by atoms with E-state index in [9.17, 15) is 9.59 Å². The summed E-state index contributed by atoms with van der Waals surface area (Å²) in [5.41, 5.74) is 6.12. The SMILES string of the molecule is Cc1sc2nc(C3CCCCC3)nc(SCC(=O)NNC(=O)C(C)C)c2c1C. The van der Waals surface area contributed by atoms with Gasteiger partial charge in [-0.2, -0.15) is 0 Å². The Kier molecular flexibility index (Phi) is 6.93. The van der Waals surface area contributed by atoms with Crippen molar-refractivity contribution in [1.82, 2.24) is 20.8 Å². The first kappa shape index (κ1) is 21.0. The molecule has 1 aliphatic rings. The van der Waals surface area contributed by atoms with E-state index in [1.165, 1.54) is 41.5 Å². The topological polar surface area (TPSA) is 84.0 Å². The summed E-state index contributed by atoms with van der Waals surface area (Å²) < 4.78 is 0. The fourth-order valence-corrected chi connectivity index (χ4v) is 5.31. The third-order valence-corrected chi connectivity index (χ3v) is 7.25. The number of fused-ring (bicyclic) bond motifs is 1. The first-order valence-electron chi connectivity index (χ1n) is 9.86. The highest BCUT2D eigenvalue weighted by Crippen LogP contribution is 2.38. The van der Waals surface area contributed by atoms with E-state index >= 15 is 0 Å². The molecule has 28 heavy (non-hydrogen) atoms. The lowest BCUT2D eigenvalue weighted by Gasteiger charge is -2.20. The standard InChI is InChI=1S/C20H28N4O2S2/c1-11(2)18(26)24-23-15(25)10-27-19-16-12(3)13(4)28-20(16)22-17(21-19)14-8-6-5-7-9-14/h11,14H,5-10H2,1-4H3,(H,23,25)(H,24,26). The summed E-state index contributed by atoms with van der Waals surface area (Å²) >= 11 is 3.12. The second kappa shape index (κ2) is 9.22. The highest BCUT2D eigenvalue weighted by atomic mass is 32.2. The summed E-state index contributed by atoms with van der Waals surface area (Å²) in [6.07, 6.45) is 6.03. The number of thiophene rings is 1. The number of hydrogen-bond acceptors (Lipinski definition) is 6. The Bertz CT molecular complexity index is 873. The molecule has 2 amide bonds. The van der Waals surface area contributed by atoms with Gasteiger partial charge in [0.1, 0.15) is 15.7 Å². The Morgan fingerprint density at radius 1 is 1.14 bits per heavy atom. The van der Waals surface area contributed by atoms with Crippen molar-refractivity contribution in [3.8, 4) is 0 Å². The van der Waals surface area contributed by atoms with Crippen molar-refractivity contribution < 1.29 is 9.59 Å². The maximum Gasteiger partial charge on any atom is 0.248 e. The van der Waals surface area contributed by atoms with Crippen molar-refractivity contribution in [3.63, 3.8) is 0 Å². The molecule has 0 spiro atoms. The molecular weight excluding hydrogens is 392 g/mol. The normalized spacial score (nSPS) is 15.2. The zero-order chi connectivity index (χ0) is 20.3. The predicted octanol–water partition coefficient (Wildman–Crippen LogP) is 4.25. The number of nitrogens with zero attached hydrogens (tertiary/aromatic N) is 2. The molecule has 0 saturated heterocycles. The first-order chi connectivity index (χ1) is 13.4. The average molecular weight is 421 g/mol. The summed E-state index contributed by atoms with van der Waals surface area (Å²) in [5, 5.41) is 1.93. The number of hydrazine groups is 1. The Balaban J connectivity index is 1.78. The van der Waals surface area contributed by atoms with E-state index < -0.39 is 0 Å². The number of rotatable bonds is 5. The fraction of sp³-hybridized carbons (Fsp3) is 0.600. The van der Waals surface area contributed by atoms with Gasteiger partial charge in [0.25, 0.3) is 0 Å². The molecule has 0 bridgehead atoms. The molecule has 2 aromatic rings. The van der Waals surface area contributed by atoms with Gasteiger partial charge >= 0.3 is 0 Å². The van der Waals surface area contributed by atoms with Crippen LogP contribution in [0.3, 0.4) is 0 Å². The van der Waals surface area contributed by atoms with E-state index in [0.717, 1.165) is 33.9 Å². The van der Waals surface area contributed by atoms with Crippen molar-refractivity contribution in [2.24, 2.45) is 5.92 Å². The molecule has 6 nitrogen and oxygen atoms in total. The molecule has 8 heteroatoms. The average Bonchev–Trinajstić information content (AvgIpc) is 2.98. The van der Waals surface area contributed by atoms with Crippen LogP contribution >= 0.6 is 23.1 Å². The second-order valence-corrected chi connectivity index (χ2v) is 9.83. The molecule has 152 valence electrons. The number of hydrogen-bond donors (Lipinski definition) is 2. The van der Waals surface area contributed by atoms with E-state index in [1.807, 2.05) is 0 Å². The van der Waals surface area contributed by atoms with Crippen molar-refractivity contribution in [1.29, 1.82) is 0 Å². The van der Waals surface area contributed by atoms with Crippen LogP contribution < -0.4 is 10.9 Å². The summed E-state index contributed by atoms with van der Waals surface area (Å²) in [6.45, 7) is 7.75. The lowest BCUT2D eigenvalue weighted by atomic mass is 9.89. The van der Waals surface area contributed by atoms with Gasteiger partial charge in [-0.15, -0.1) is 11.3 Å². The maximum absolute atomic E-state index is 12.2. The molecule has 1 aliphatic carbocycles. The quantitative estimate of drug-likeness (QED) is 0.429. The summed E-state index contributed by atoms with van der Waals surface area (Å²) in [6, 6.07) is 0. The van der Waals surface area contributed by atoms with Crippen LogP contribution in [0.5, 0.6) is 0 Å². The number of aryl methyl sites for hydroxylation is 2. The van der Waals surface area contributed by atoms with Crippen LogP contribution in [0.25, 0.3) is 10.2 Å². The predicted molar refractivity (Wildman–Crippen MR) is 115 cm³/mol. The minimum atomic E-state index is -0.241. The molecule has 2 aromatic heterocycles. The molecule has 2 N–H and O–H groups in total. The number of carbonyl (C=O) groups excluding carboxylic acids is 2. The van der Waals surface area contributed by atoms with Crippen molar-refractivity contribution in [2.75, 3.05) is 5.75 Å². The highest BCUT2D eigenvalue weighted by Gasteiger charge is 2.22. The van der Waals surface area contributed by atoms with Gasteiger partial charge in [0.2, 0.25) is 11.8 Å². The van der Waals surface area contributed by atoms with Crippen LogP contribution in [0, 0.1) is 19.8 Å². The maximum atomic E-state index is 12.2. The number of nitrogens with one attached hydrogen (secondary N) is 2. The molecule has 0 aromatic carbocycles. The van der Waals surface area contributed by atoms with Crippen LogP contribution in [0.2, 0.25) is 0 Å². The van der Waals surface area contributed by atoms with Crippen LogP contribution in [0.4, 0.5) is 0 Å². The monoisotopic (exact) mass is 420 g/mol. The Hall–Kier alpha value is -1.67. The van der Waals surface area contributed by atoms with Crippen LogP contribution in [0.1, 0.15) is 68.1 Å². The molecule has 0 aliphatic heterocycles. The van der Waals surface area contributed by atoms with Gasteiger partial charge < -0.3 is 0 Å². The minimum absolute atomic E-state index is 0.177. The fourth-order valence-electron chi connectivity index (χ4n) is 3.32. The van der Waals surface area contributed by atoms with Crippen LogP contribution in [0.15, 0.2) is 5.03 Å². The number of aromatic nitrogens is 2. The molecule has 3 rings (SSSR count). The number of thioether (sulfide) groups is 1. The van der Waals surface area contributed by atoms with Gasteiger partial charge in [-0.3, -0.25) is 20.4 Å². The van der Waals surface area contributed by atoms with E-state index in [1.54, 1.807) is 25.2 Å². The van der Waals surface area contributed by atoms with Gasteiger partial charge in [-0.25, -0.2) is 9.97 Å². The molecule has 0 atom stereocenters. The van der Waals surface area contributed by atoms with Gasteiger partial charge in [0, 0.05) is 22.1 Å². The highest BCUT2D eigenvalue weighted by molar-refractivity contribution is 8.00. The third-order valence-electron chi connectivity index (χ3n) is 5.17. The van der Waals surface area contributed by atoms with Gasteiger partial charge in [0.15, 0.2) is 0 Å². The molecular formula is C20H28N4O2S2. The first-order valence-corrected chi connectivity index (χ1v) is 11.7. The largest absolute Gasteiger partial charge is 0.273 e. The smallest absolute Gasteiger partial charge is 0.248 e. The summed E-state index contributed by atoms with van der Waals surface area (Å²) in [4.78, 5) is 35.8. The van der Waals surface area contributed by atoms with E-state index in [0.29, 0.717) is 5.92 Å². The third kappa shape index (κ3) is 4.84. The van der Waals surface area contributed by atoms with Crippen LogP contribution in [-0.2, 0) is 9.59 Å². The number of amides is 2.